The lowest BCUT2D eigenvalue weighted by molar-refractivity contribution is 0.866. The van der Waals surface area contributed by atoms with Crippen molar-refractivity contribution in [2.45, 2.75) is 19.9 Å². The van der Waals surface area contributed by atoms with E-state index < -0.39 is 0 Å². The molecule has 0 aliphatic rings. The van der Waals surface area contributed by atoms with Crippen LogP contribution in [0, 0.1) is 0 Å². The molecule has 0 amide bonds. The topological polar surface area (TPSA) is 80.0 Å². The molecule has 2 rings (SSSR count). The maximum absolute atomic E-state index is 5.48. The van der Waals surface area contributed by atoms with E-state index in [2.05, 4.69) is 32.2 Å². The van der Waals surface area contributed by atoms with Crippen LogP contribution in [0.2, 0.25) is 0 Å². The zero-order chi connectivity index (χ0) is 13.7. The molecule has 0 spiro atoms. The molecular weight excluding hydrogens is 240 g/mol. The predicted molar refractivity (Wildman–Crippen MR) is 75.6 cm³/mol. The molecule has 0 saturated heterocycles. The molecule has 6 heteroatoms. The van der Waals surface area contributed by atoms with Crippen molar-refractivity contribution >= 4 is 11.6 Å². The molecule has 0 aliphatic carbocycles. The van der Waals surface area contributed by atoms with E-state index in [1.807, 2.05) is 25.4 Å². The third kappa shape index (κ3) is 2.97. The Kier molecular flexibility index (Phi) is 4.25. The molecule has 2 aromatic rings. The quantitative estimate of drug-likeness (QED) is 0.622. The van der Waals surface area contributed by atoms with Gasteiger partial charge in [0.15, 0.2) is 0 Å². The third-order valence-corrected chi connectivity index (χ3v) is 2.92. The van der Waals surface area contributed by atoms with Crippen molar-refractivity contribution < 1.29 is 0 Å². The van der Waals surface area contributed by atoms with Gasteiger partial charge in [-0.25, -0.2) is 15.8 Å². The first-order chi connectivity index (χ1) is 9.26. The zero-order valence-electron chi connectivity index (χ0n) is 11.2. The zero-order valence-corrected chi connectivity index (χ0v) is 11.2. The molecule has 0 aromatic carbocycles. The number of hydrogen-bond acceptors (Lipinski definition) is 6. The van der Waals surface area contributed by atoms with E-state index >= 15 is 0 Å². The van der Waals surface area contributed by atoms with Crippen LogP contribution in [0.3, 0.4) is 0 Å². The minimum absolute atomic E-state index is 0.672. The molecule has 0 atom stereocenters. The average molecular weight is 258 g/mol. The summed E-state index contributed by atoms with van der Waals surface area (Å²) in [5.41, 5.74) is 4.76. The number of nitrogens with two attached hydrogens (primary N) is 1. The number of hydrazine groups is 1. The Labute approximate surface area is 112 Å². The van der Waals surface area contributed by atoms with E-state index in [1.165, 1.54) is 6.33 Å². The van der Waals surface area contributed by atoms with Crippen LogP contribution in [0.4, 0.5) is 11.6 Å². The van der Waals surface area contributed by atoms with Crippen molar-refractivity contribution in [1.82, 2.24) is 15.0 Å². The maximum atomic E-state index is 5.48. The van der Waals surface area contributed by atoms with E-state index in [4.69, 9.17) is 5.84 Å². The van der Waals surface area contributed by atoms with Gasteiger partial charge in [-0.1, -0.05) is 13.0 Å². The standard InChI is InChI=1S/C13H18N6/c1-3-11-12(18-14)16-9-17-13(11)19(2)8-10-5-4-6-15-7-10/h4-7,9H,3,8,14H2,1-2H3,(H,16,17,18). The molecule has 0 radical (unpaired) electrons. The summed E-state index contributed by atoms with van der Waals surface area (Å²) < 4.78 is 0. The van der Waals surface area contributed by atoms with Gasteiger partial charge < -0.3 is 10.3 Å². The van der Waals surface area contributed by atoms with Gasteiger partial charge in [0.2, 0.25) is 0 Å². The first-order valence-corrected chi connectivity index (χ1v) is 6.16. The van der Waals surface area contributed by atoms with Gasteiger partial charge in [-0.3, -0.25) is 4.98 Å². The highest BCUT2D eigenvalue weighted by atomic mass is 15.3. The van der Waals surface area contributed by atoms with Crippen LogP contribution in [0.1, 0.15) is 18.1 Å². The normalized spacial score (nSPS) is 10.3. The van der Waals surface area contributed by atoms with Crippen molar-refractivity contribution in [1.29, 1.82) is 0 Å². The van der Waals surface area contributed by atoms with E-state index in [-0.39, 0.29) is 0 Å². The Hall–Kier alpha value is -2.21. The second-order valence-corrected chi connectivity index (χ2v) is 4.24. The number of pyridine rings is 1. The SMILES string of the molecule is CCc1c(NN)ncnc1N(C)Cc1cccnc1. The summed E-state index contributed by atoms with van der Waals surface area (Å²) in [5.74, 6) is 7.03. The summed E-state index contributed by atoms with van der Waals surface area (Å²) in [5, 5.41) is 0. The molecule has 2 aromatic heterocycles. The highest BCUT2D eigenvalue weighted by molar-refractivity contribution is 5.58. The van der Waals surface area contributed by atoms with Gasteiger partial charge in [-0.2, -0.15) is 0 Å². The fourth-order valence-corrected chi connectivity index (χ4v) is 2.02. The number of rotatable bonds is 5. The molecule has 0 unspecified atom stereocenters. The van der Waals surface area contributed by atoms with Gasteiger partial charge in [0.1, 0.15) is 18.0 Å². The molecule has 6 nitrogen and oxygen atoms in total. The van der Waals surface area contributed by atoms with Crippen molar-refractivity contribution in [3.8, 4) is 0 Å². The van der Waals surface area contributed by atoms with Gasteiger partial charge in [0.05, 0.1) is 0 Å². The van der Waals surface area contributed by atoms with Crippen molar-refractivity contribution in [3.63, 3.8) is 0 Å². The smallest absolute Gasteiger partial charge is 0.148 e. The number of anilines is 2. The molecule has 2 heterocycles. The minimum Gasteiger partial charge on any atom is -0.355 e. The van der Waals surface area contributed by atoms with Gasteiger partial charge in [-0.05, 0) is 18.1 Å². The lowest BCUT2D eigenvalue weighted by Gasteiger charge is -2.21. The van der Waals surface area contributed by atoms with E-state index in [0.717, 1.165) is 29.9 Å². The highest BCUT2D eigenvalue weighted by Crippen LogP contribution is 2.23. The molecule has 3 N–H and O–H groups in total. The molecule has 0 aliphatic heterocycles. The Balaban J connectivity index is 2.26. The predicted octanol–water partition coefficient (Wildman–Crippen LogP) is 1.36. The number of aromatic nitrogens is 3. The first-order valence-electron chi connectivity index (χ1n) is 6.16. The van der Waals surface area contributed by atoms with Crippen molar-refractivity contribution in [2.24, 2.45) is 5.84 Å². The fraction of sp³-hybridized carbons (Fsp3) is 0.308. The molecular formula is C13H18N6. The van der Waals surface area contributed by atoms with E-state index in [1.54, 1.807) is 6.20 Å². The summed E-state index contributed by atoms with van der Waals surface area (Å²) in [7, 11) is 1.99. The van der Waals surface area contributed by atoms with E-state index in [9.17, 15) is 0 Å². The van der Waals surface area contributed by atoms with Crippen LogP contribution in [-0.2, 0) is 13.0 Å². The van der Waals surface area contributed by atoms with Crippen LogP contribution in [0.15, 0.2) is 30.9 Å². The lowest BCUT2D eigenvalue weighted by atomic mass is 10.2. The maximum Gasteiger partial charge on any atom is 0.148 e. The van der Waals surface area contributed by atoms with Crippen molar-refractivity contribution in [3.05, 3.63) is 42.0 Å². The Morgan fingerprint density at radius 3 is 2.84 bits per heavy atom. The van der Waals surface area contributed by atoms with Gasteiger partial charge in [-0.15, -0.1) is 0 Å². The van der Waals surface area contributed by atoms with Crippen LogP contribution in [0.25, 0.3) is 0 Å². The molecule has 100 valence electrons. The van der Waals surface area contributed by atoms with Crippen LogP contribution >= 0.6 is 0 Å². The second kappa shape index (κ2) is 6.10. The van der Waals surface area contributed by atoms with Crippen LogP contribution in [0.5, 0.6) is 0 Å². The number of hydrogen-bond donors (Lipinski definition) is 2. The monoisotopic (exact) mass is 258 g/mol. The Morgan fingerprint density at radius 2 is 2.21 bits per heavy atom. The van der Waals surface area contributed by atoms with Gasteiger partial charge >= 0.3 is 0 Å². The Bertz CT molecular complexity index is 528. The second-order valence-electron chi connectivity index (χ2n) is 4.24. The number of nitrogen functional groups attached to an aromatic ring is 1. The summed E-state index contributed by atoms with van der Waals surface area (Å²) in [6.45, 7) is 2.79. The molecule has 19 heavy (non-hydrogen) atoms. The summed E-state index contributed by atoms with van der Waals surface area (Å²) in [6.07, 6.45) is 5.95. The Morgan fingerprint density at radius 1 is 1.37 bits per heavy atom. The molecule has 0 fully saturated rings. The van der Waals surface area contributed by atoms with Crippen molar-refractivity contribution in [2.75, 3.05) is 17.4 Å². The van der Waals surface area contributed by atoms with Gasteiger partial charge in [0.25, 0.3) is 0 Å². The summed E-state index contributed by atoms with van der Waals surface area (Å²) >= 11 is 0. The fourth-order valence-electron chi connectivity index (χ4n) is 2.02. The largest absolute Gasteiger partial charge is 0.355 e. The van der Waals surface area contributed by atoms with Crippen LogP contribution in [-0.4, -0.2) is 22.0 Å². The lowest BCUT2D eigenvalue weighted by Crippen LogP contribution is -2.21. The molecule has 0 bridgehead atoms. The highest BCUT2D eigenvalue weighted by Gasteiger charge is 2.13. The minimum atomic E-state index is 0.672. The van der Waals surface area contributed by atoms with Crippen LogP contribution < -0.4 is 16.2 Å². The average Bonchev–Trinajstić information content (AvgIpc) is 2.47. The number of nitrogens with zero attached hydrogens (tertiary/aromatic N) is 4. The first kappa shape index (κ1) is 13.2. The van der Waals surface area contributed by atoms with Gasteiger partial charge in [0, 0.05) is 31.5 Å². The van der Waals surface area contributed by atoms with E-state index in [0.29, 0.717) is 5.82 Å². The summed E-state index contributed by atoms with van der Waals surface area (Å²) in [6, 6.07) is 3.97. The molecule has 0 saturated carbocycles. The summed E-state index contributed by atoms with van der Waals surface area (Å²) in [4.78, 5) is 14.7. The third-order valence-electron chi connectivity index (χ3n) is 2.92. The number of nitrogens with one attached hydrogen (secondary N) is 1.